The van der Waals surface area contributed by atoms with Crippen LogP contribution in [0.4, 0.5) is 0 Å². The van der Waals surface area contributed by atoms with Crippen LogP contribution < -0.4 is 5.32 Å². The molecule has 1 spiro atoms. The maximum Gasteiger partial charge on any atom is 0.226 e. The SMILES string of the molecule is Cl.O=C(C1CC12CCNCC2)N(Cc1ccc(Cl)cc1)C1CC1. The highest BCUT2D eigenvalue weighted by Gasteiger charge is 2.59. The highest BCUT2D eigenvalue weighted by Crippen LogP contribution is 2.59. The van der Waals surface area contributed by atoms with Gasteiger partial charge in [0, 0.05) is 23.5 Å². The van der Waals surface area contributed by atoms with Crippen LogP contribution in [-0.4, -0.2) is 29.9 Å². The Hall–Kier alpha value is -0.770. The average molecular weight is 355 g/mol. The van der Waals surface area contributed by atoms with Crippen molar-refractivity contribution < 1.29 is 4.79 Å². The Kier molecular flexibility index (Phi) is 4.91. The topological polar surface area (TPSA) is 32.3 Å². The summed E-state index contributed by atoms with van der Waals surface area (Å²) >= 11 is 5.96. The molecule has 1 aromatic rings. The molecule has 1 unspecified atom stereocenters. The zero-order valence-corrected chi connectivity index (χ0v) is 14.8. The average Bonchev–Trinajstić information content (AvgIpc) is 3.44. The molecule has 3 aliphatic rings. The number of amides is 1. The van der Waals surface area contributed by atoms with E-state index in [0.717, 1.165) is 31.1 Å². The summed E-state index contributed by atoms with van der Waals surface area (Å²) in [5, 5.41) is 4.17. The molecule has 4 rings (SSSR count). The van der Waals surface area contributed by atoms with Gasteiger partial charge in [0.25, 0.3) is 0 Å². The normalized spacial score (nSPS) is 24.8. The van der Waals surface area contributed by atoms with Gasteiger partial charge in [-0.3, -0.25) is 4.79 Å². The number of halogens is 2. The second kappa shape index (κ2) is 6.62. The number of carbonyl (C=O) groups excluding carboxylic acids is 1. The second-order valence-electron chi connectivity index (χ2n) is 7.19. The van der Waals surface area contributed by atoms with Crippen molar-refractivity contribution in [2.75, 3.05) is 13.1 Å². The van der Waals surface area contributed by atoms with E-state index in [1.165, 1.54) is 31.2 Å². The number of nitrogens with zero attached hydrogens (tertiary/aromatic N) is 1. The minimum Gasteiger partial charge on any atom is -0.335 e. The highest BCUT2D eigenvalue weighted by atomic mass is 35.5. The second-order valence-corrected chi connectivity index (χ2v) is 7.63. The van der Waals surface area contributed by atoms with E-state index < -0.39 is 0 Å². The van der Waals surface area contributed by atoms with Crippen LogP contribution in [0.2, 0.25) is 5.02 Å². The van der Waals surface area contributed by atoms with Crippen molar-refractivity contribution in [3.05, 3.63) is 34.9 Å². The van der Waals surface area contributed by atoms with Crippen molar-refractivity contribution in [3.8, 4) is 0 Å². The van der Waals surface area contributed by atoms with Gasteiger partial charge < -0.3 is 10.2 Å². The summed E-state index contributed by atoms with van der Waals surface area (Å²) in [6, 6.07) is 8.38. The molecule has 1 N–H and O–H groups in total. The van der Waals surface area contributed by atoms with E-state index in [-0.39, 0.29) is 18.3 Å². The maximum absolute atomic E-state index is 13.0. The molecule has 3 fully saturated rings. The van der Waals surface area contributed by atoms with Crippen molar-refractivity contribution in [1.82, 2.24) is 10.2 Å². The summed E-state index contributed by atoms with van der Waals surface area (Å²) in [5.41, 5.74) is 1.51. The molecule has 0 radical (unpaired) electrons. The molecule has 5 heteroatoms. The van der Waals surface area contributed by atoms with E-state index in [4.69, 9.17) is 11.6 Å². The molecule has 2 aliphatic carbocycles. The smallest absolute Gasteiger partial charge is 0.226 e. The molecular formula is C18H24Cl2N2O. The Labute approximate surface area is 149 Å². The molecule has 1 saturated heterocycles. The number of hydrogen-bond donors (Lipinski definition) is 1. The lowest BCUT2D eigenvalue weighted by Crippen LogP contribution is -2.37. The molecular weight excluding hydrogens is 331 g/mol. The summed E-state index contributed by atoms with van der Waals surface area (Å²) in [7, 11) is 0. The molecule has 0 bridgehead atoms. The van der Waals surface area contributed by atoms with Crippen LogP contribution in [0.1, 0.15) is 37.7 Å². The summed E-state index contributed by atoms with van der Waals surface area (Å²) in [4.78, 5) is 15.2. The van der Waals surface area contributed by atoms with Crippen molar-refractivity contribution in [3.63, 3.8) is 0 Å². The third-order valence-corrected chi connectivity index (χ3v) is 5.88. The van der Waals surface area contributed by atoms with Crippen LogP contribution in [-0.2, 0) is 11.3 Å². The Bertz CT molecular complexity index is 565. The minimum absolute atomic E-state index is 0. The number of hydrogen-bond acceptors (Lipinski definition) is 2. The van der Waals surface area contributed by atoms with Gasteiger partial charge in [0.15, 0.2) is 0 Å². The van der Waals surface area contributed by atoms with Gasteiger partial charge in [-0.2, -0.15) is 0 Å². The van der Waals surface area contributed by atoms with Crippen molar-refractivity contribution in [2.24, 2.45) is 11.3 Å². The standard InChI is InChI=1S/C18H23ClN2O.ClH/c19-14-3-1-13(2-4-14)12-21(15-5-6-15)17(22)16-11-18(16)7-9-20-10-8-18;/h1-4,15-16,20H,5-12H2;1H. The van der Waals surface area contributed by atoms with Crippen LogP contribution in [0, 0.1) is 11.3 Å². The van der Waals surface area contributed by atoms with E-state index >= 15 is 0 Å². The first kappa shape index (κ1) is 17.1. The summed E-state index contributed by atoms with van der Waals surface area (Å²) in [5.74, 6) is 0.682. The molecule has 2 saturated carbocycles. The molecule has 3 nitrogen and oxygen atoms in total. The highest BCUT2D eigenvalue weighted by molar-refractivity contribution is 6.30. The summed E-state index contributed by atoms with van der Waals surface area (Å²) < 4.78 is 0. The fraction of sp³-hybridized carbons (Fsp3) is 0.611. The van der Waals surface area contributed by atoms with Crippen molar-refractivity contribution in [1.29, 1.82) is 0 Å². The summed E-state index contributed by atoms with van der Waals surface area (Å²) in [6.45, 7) is 2.89. The van der Waals surface area contributed by atoms with Gasteiger partial charge in [-0.25, -0.2) is 0 Å². The van der Waals surface area contributed by atoms with Gasteiger partial charge in [-0.05, 0) is 68.3 Å². The molecule has 1 amide bonds. The third-order valence-electron chi connectivity index (χ3n) is 5.62. The number of nitrogens with one attached hydrogen (secondary N) is 1. The fourth-order valence-corrected chi connectivity index (χ4v) is 4.06. The lowest BCUT2D eigenvalue weighted by molar-refractivity contribution is -0.134. The van der Waals surface area contributed by atoms with Gasteiger partial charge >= 0.3 is 0 Å². The van der Waals surface area contributed by atoms with Crippen LogP contribution >= 0.6 is 24.0 Å². The zero-order chi connectivity index (χ0) is 15.2. The zero-order valence-electron chi connectivity index (χ0n) is 13.3. The van der Waals surface area contributed by atoms with E-state index in [0.29, 0.717) is 17.4 Å². The van der Waals surface area contributed by atoms with Gasteiger partial charge in [-0.1, -0.05) is 23.7 Å². The Morgan fingerprint density at radius 3 is 2.48 bits per heavy atom. The van der Waals surface area contributed by atoms with E-state index in [1.54, 1.807) is 0 Å². The number of piperidine rings is 1. The van der Waals surface area contributed by atoms with Crippen LogP contribution in [0.3, 0.4) is 0 Å². The fourth-order valence-electron chi connectivity index (χ4n) is 3.93. The van der Waals surface area contributed by atoms with Gasteiger partial charge in [0.1, 0.15) is 0 Å². The first-order valence-electron chi connectivity index (χ1n) is 8.44. The number of rotatable bonds is 4. The monoisotopic (exact) mass is 354 g/mol. The van der Waals surface area contributed by atoms with E-state index in [9.17, 15) is 4.79 Å². The molecule has 1 heterocycles. The Morgan fingerprint density at radius 1 is 1.22 bits per heavy atom. The van der Waals surface area contributed by atoms with Crippen LogP contribution in [0.5, 0.6) is 0 Å². The van der Waals surface area contributed by atoms with Crippen molar-refractivity contribution in [2.45, 2.75) is 44.7 Å². The predicted octanol–water partition coefficient (Wildman–Crippen LogP) is 3.64. The molecule has 1 aromatic carbocycles. The predicted molar refractivity (Wildman–Crippen MR) is 94.9 cm³/mol. The maximum atomic E-state index is 13.0. The minimum atomic E-state index is 0. The number of benzene rings is 1. The largest absolute Gasteiger partial charge is 0.335 e. The lowest BCUT2D eigenvalue weighted by Gasteiger charge is -2.27. The Morgan fingerprint density at radius 2 is 1.87 bits per heavy atom. The van der Waals surface area contributed by atoms with Crippen LogP contribution in [0.25, 0.3) is 0 Å². The molecule has 1 aliphatic heterocycles. The quantitative estimate of drug-likeness (QED) is 0.894. The van der Waals surface area contributed by atoms with E-state index in [1.807, 2.05) is 24.3 Å². The number of carbonyl (C=O) groups is 1. The van der Waals surface area contributed by atoms with Crippen LogP contribution in [0.15, 0.2) is 24.3 Å². The van der Waals surface area contributed by atoms with Gasteiger partial charge in [0.05, 0.1) is 0 Å². The first-order chi connectivity index (χ1) is 10.7. The first-order valence-corrected chi connectivity index (χ1v) is 8.81. The summed E-state index contributed by atoms with van der Waals surface area (Å²) in [6.07, 6.45) is 5.78. The third kappa shape index (κ3) is 3.52. The van der Waals surface area contributed by atoms with Gasteiger partial charge in [-0.15, -0.1) is 12.4 Å². The van der Waals surface area contributed by atoms with Crippen molar-refractivity contribution >= 4 is 29.9 Å². The molecule has 126 valence electrons. The Balaban J connectivity index is 0.00000156. The molecule has 1 atom stereocenters. The van der Waals surface area contributed by atoms with E-state index in [2.05, 4.69) is 10.2 Å². The van der Waals surface area contributed by atoms with Gasteiger partial charge in [0.2, 0.25) is 5.91 Å². The lowest BCUT2D eigenvalue weighted by atomic mass is 9.91. The molecule has 0 aromatic heterocycles. The molecule has 23 heavy (non-hydrogen) atoms.